The molecule has 5 heteroatoms. The second-order valence-electron chi connectivity index (χ2n) is 4.98. The summed E-state index contributed by atoms with van der Waals surface area (Å²) >= 11 is 1.58. The molecule has 0 saturated heterocycles. The lowest BCUT2D eigenvalue weighted by atomic mass is 10.2. The highest BCUT2D eigenvalue weighted by molar-refractivity contribution is 7.13. The van der Waals surface area contributed by atoms with Crippen LogP contribution in [0.1, 0.15) is 6.92 Å². The van der Waals surface area contributed by atoms with E-state index in [1.54, 1.807) is 24.5 Å². The number of hydrogen-bond donors (Lipinski definition) is 1. The zero-order valence-electron chi connectivity index (χ0n) is 12.6. The molecule has 0 unspecified atom stereocenters. The lowest BCUT2D eigenvalue weighted by Crippen LogP contribution is -2.30. The molecule has 1 atom stereocenters. The van der Waals surface area contributed by atoms with E-state index in [9.17, 15) is 4.79 Å². The van der Waals surface area contributed by atoms with E-state index in [4.69, 9.17) is 4.74 Å². The summed E-state index contributed by atoms with van der Waals surface area (Å²) < 4.78 is 5.61. The first-order valence-electron chi connectivity index (χ1n) is 7.25. The Morgan fingerprint density at radius 2 is 1.87 bits per heavy atom. The maximum absolute atomic E-state index is 12.2. The maximum atomic E-state index is 12.2. The SMILES string of the molecule is C[C@@H](Oc1ccccc1)C(=O)Nc1ccc(-c2nccs2)cc1. The zero-order chi connectivity index (χ0) is 16.1. The predicted molar refractivity (Wildman–Crippen MR) is 92.7 cm³/mol. The Morgan fingerprint density at radius 3 is 2.52 bits per heavy atom. The van der Waals surface area contributed by atoms with Crippen molar-refractivity contribution in [2.75, 3.05) is 5.32 Å². The van der Waals surface area contributed by atoms with Crippen molar-refractivity contribution in [2.45, 2.75) is 13.0 Å². The van der Waals surface area contributed by atoms with Gasteiger partial charge in [-0.2, -0.15) is 0 Å². The number of amides is 1. The molecule has 0 saturated carbocycles. The Bertz CT molecular complexity index is 755. The number of thiazole rings is 1. The number of carbonyl (C=O) groups is 1. The first kappa shape index (κ1) is 15.2. The van der Waals surface area contributed by atoms with Crippen LogP contribution in [0.25, 0.3) is 10.6 Å². The quantitative estimate of drug-likeness (QED) is 0.764. The maximum Gasteiger partial charge on any atom is 0.265 e. The van der Waals surface area contributed by atoms with Crippen LogP contribution in [0.5, 0.6) is 5.75 Å². The molecular formula is C18H16N2O2S. The van der Waals surface area contributed by atoms with E-state index in [0.29, 0.717) is 5.75 Å². The fraction of sp³-hybridized carbons (Fsp3) is 0.111. The molecule has 1 N–H and O–H groups in total. The lowest BCUT2D eigenvalue weighted by Gasteiger charge is -2.14. The van der Waals surface area contributed by atoms with Crippen LogP contribution < -0.4 is 10.1 Å². The van der Waals surface area contributed by atoms with Gasteiger partial charge in [-0.25, -0.2) is 4.98 Å². The Balaban J connectivity index is 1.61. The minimum atomic E-state index is -0.573. The number of aromatic nitrogens is 1. The van der Waals surface area contributed by atoms with Crippen LogP contribution in [-0.4, -0.2) is 17.0 Å². The molecule has 116 valence electrons. The molecule has 2 aromatic carbocycles. The Labute approximate surface area is 138 Å². The van der Waals surface area contributed by atoms with Crippen LogP contribution in [0.2, 0.25) is 0 Å². The minimum absolute atomic E-state index is 0.184. The van der Waals surface area contributed by atoms with Gasteiger partial charge in [0.15, 0.2) is 6.10 Å². The predicted octanol–water partition coefficient (Wildman–Crippen LogP) is 4.22. The van der Waals surface area contributed by atoms with E-state index < -0.39 is 6.10 Å². The number of carbonyl (C=O) groups excluding carboxylic acids is 1. The molecule has 4 nitrogen and oxygen atoms in total. The number of ether oxygens (including phenoxy) is 1. The first-order chi connectivity index (χ1) is 11.2. The molecule has 0 aliphatic rings. The Morgan fingerprint density at radius 1 is 1.13 bits per heavy atom. The van der Waals surface area contributed by atoms with Gasteiger partial charge in [-0.15, -0.1) is 11.3 Å². The van der Waals surface area contributed by atoms with Crippen LogP contribution in [0.4, 0.5) is 5.69 Å². The van der Waals surface area contributed by atoms with Gasteiger partial charge in [0.2, 0.25) is 0 Å². The highest BCUT2D eigenvalue weighted by Gasteiger charge is 2.14. The largest absolute Gasteiger partial charge is 0.481 e. The van der Waals surface area contributed by atoms with Crippen LogP contribution in [0, 0.1) is 0 Å². The average Bonchev–Trinajstić information content (AvgIpc) is 3.11. The standard InChI is InChI=1S/C18H16N2O2S/c1-13(22-16-5-3-2-4-6-16)17(21)20-15-9-7-14(8-10-15)18-19-11-12-23-18/h2-13H,1H3,(H,20,21)/t13-/m1/s1. The number of nitrogens with zero attached hydrogens (tertiary/aromatic N) is 1. The smallest absolute Gasteiger partial charge is 0.265 e. The molecule has 0 radical (unpaired) electrons. The third-order valence-electron chi connectivity index (χ3n) is 3.26. The summed E-state index contributed by atoms with van der Waals surface area (Å²) in [5, 5.41) is 5.75. The van der Waals surface area contributed by atoms with Gasteiger partial charge in [0.05, 0.1) is 0 Å². The van der Waals surface area contributed by atoms with Gasteiger partial charge in [-0.3, -0.25) is 4.79 Å². The van der Waals surface area contributed by atoms with E-state index in [2.05, 4.69) is 10.3 Å². The summed E-state index contributed by atoms with van der Waals surface area (Å²) in [5.74, 6) is 0.491. The monoisotopic (exact) mass is 324 g/mol. The van der Waals surface area contributed by atoms with Crippen molar-refractivity contribution in [3.05, 3.63) is 66.2 Å². The number of anilines is 1. The van der Waals surface area contributed by atoms with Gasteiger partial charge in [0, 0.05) is 22.8 Å². The van der Waals surface area contributed by atoms with Gasteiger partial charge in [0.25, 0.3) is 5.91 Å². The summed E-state index contributed by atoms with van der Waals surface area (Å²) in [6.07, 6.45) is 1.20. The van der Waals surface area contributed by atoms with E-state index in [1.807, 2.05) is 60.0 Å². The number of para-hydroxylation sites is 1. The molecule has 0 fully saturated rings. The van der Waals surface area contributed by atoms with Crippen molar-refractivity contribution < 1.29 is 9.53 Å². The van der Waals surface area contributed by atoms with E-state index in [-0.39, 0.29) is 5.91 Å². The molecule has 3 rings (SSSR count). The first-order valence-corrected chi connectivity index (χ1v) is 8.13. The molecule has 0 aliphatic carbocycles. The number of hydrogen-bond acceptors (Lipinski definition) is 4. The second kappa shape index (κ2) is 7.07. The summed E-state index contributed by atoms with van der Waals surface area (Å²) in [7, 11) is 0. The van der Waals surface area contributed by atoms with Crippen LogP contribution in [-0.2, 0) is 4.79 Å². The van der Waals surface area contributed by atoms with Crippen molar-refractivity contribution in [3.8, 4) is 16.3 Å². The summed E-state index contributed by atoms with van der Waals surface area (Å²) in [4.78, 5) is 16.4. The zero-order valence-corrected chi connectivity index (χ0v) is 13.4. The van der Waals surface area contributed by atoms with Crippen molar-refractivity contribution in [3.63, 3.8) is 0 Å². The van der Waals surface area contributed by atoms with Crippen LogP contribution in [0.3, 0.4) is 0 Å². The van der Waals surface area contributed by atoms with Gasteiger partial charge in [0.1, 0.15) is 10.8 Å². The van der Waals surface area contributed by atoms with Crippen molar-refractivity contribution in [1.82, 2.24) is 4.98 Å². The van der Waals surface area contributed by atoms with Gasteiger partial charge < -0.3 is 10.1 Å². The fourth-order valence-electron chi connectivity index (χ4n) is 2.06. The molecule has 0 bridgehead atoms. The number of benzene rings is 2. The van der Waals surface area contributed by atoms with Gasteiger partial charge in [-0.1, -0.05) is 18.2 Å². The highest BCUT2D eigenvalue weighted by Crippen LogP contribution is 2.23. The molecule has 1 amide bonds. The summed E-state index contributed by atoms with van der Waals surface area (Å²) in [6.45, 7) is 1.73. The average molecular weight is 324 g/mol. The van der Waals surface area contributed by atoms with Crippen LogP contribution >= 0.6 is 11.3 Å². The van der Waals surface area contributed by atoms with Crippen molar-refractivity contribution in [2.24, 2.45) is 0 Å². The van der Waals surface area contributed by atoms with Crippen LogP contribution in [0.15, 0.2) is 66.2 Å². The van der Waals surface area contributed by atoms with Crippen molar-refractivity contribution in [1.29, 1.82) is 0 Å². The Kier molecular flexibility index (Phi) is 4.68. The third kappa shape index (κ3) is 3.96. The molecular weight excluding hydrogens is 308 g/mol. The van der Waals surface area contributed by atoms with Gasteiger partial charge in [-0.05, 0) is 43.3 Å². The molecule has 0 spiro atoms. The molecule has 1 heterocycles. The summed E-state index contributed by atoms with van der Waals surface area (Å²) in [6, 6.07) is 16.9. The summed E-state index contributed by atoms with van der Waals surface area (Å²) in [5.41, 5.74) is 1.77. The lowest BCUT2D eigenvalue weighted by molar-refractivity contribution is -0.122. The Hall–Kier alpha value is -2.66. The highest BCUT2D eigenvalue weighted by atomic mass is 32.1. The van der Waals surface area contributed by atoms with E-state index in [0.717, 1.165) is 16.3 Å². The minimum Gasteiger partial charge on any atom is -0.481 e. The molecule has 1 aromatic heterocycles. The van der Waals surface area contributed by atoms with E-state index in [1.165, 1.54) is 0 Å². The fourth-order valence-corrected chi connectivity index (χ4v) is 2.71. The topological polar surface area (TPSA) is 51.2 Å². The number of rotatable bonds is 5. The second-order valence-corrected chi connectivity index (χ2v) is 5.87. The normalized spacial score (nSPS) is 11.7. The molecule has 0 aliphatic heterocycles. The number of nitrogens with one attached hydrogen (secondary N) is 1. The molecule has 3 aromatic rings. The molecule has 23 heavy (non-hydrogen) atoms. The third-order valence-corrected chi connectivity index (χ3v) is 4.08. The van der Waals surface area contributed by atoms with Gasteiger partial charge >= 0.3 is 0 Å². The van der Waals surface area contributed by atoms with E-state index >= 15 is 0 Å². The van der Waals surface area contributed by atoms with Crippen molar-refractivity contribution >= 4 is 22.9 Å².